The Morgan fingerprint density at radius 1 is 1.38 bits per heavy atom. The maximum Gasteiger partial charge on any atom is 0.326 e. The quantitative estimate of drug-likeness (QED) is 0.512. The van der Waals surface area contributed by atoms with Gasteiger partial charge in [-0.2, -0.15) is 8.42 Å². The Morgan fingerprint density at radius 2 is 2.00 bits per heavy atom. The number of anilines is 1. The van der Waals surface area contributed by atoms with Crippen LogP contribution in [-0.4, -0.2) is 36.0 Å². The molecule has 1 atom stereocenters. The van der Waals surface area contributed by atoms with E-state index < -0.39 is 32.9 Å². The number of nitrogens with one attached hydrogen (secondary N) is 1. The van der Waals surface area contributed by atoms with E-state index >= 15 is 0 Å². The van der Waals surface area contributed by atoms with E-state index in [-0.39, 0.29) is 18.5 Å². The van der Waals surface area contributed by atoms with Crippen molar-refractivity contribution in [3.63, 3.8) is 0 Å². The fourth-order valence-electron chi connectivity index (χ4n) is 1.57. The van der Waals surface area contributed by atoms with E-state index in [1.165, 1.54) is 12.1 Å². The van der Waals surface area contributed by atoms with E-state index in [9.17, 15) is 18.0 Å². The Balaban J connectivity index is 3.11. The molecule has 0 radical (unpaired) electrons. The van der Waals surface area contributed by atoms with Gasteiger partial charge in [-0.1, -0.05) is 15.9 Å². The fraction of sp³-hybridized carbons (Fsp3) is 0.273. The maximum atomic E-state index is 11.3. The highest BCUT2D eigenvalue weighted by Gasteiger charge is 2.22. The lowest BCUT2D eigenvalue weighted by Gasteiger charge is -2.17. The van der Waals surface area contributed by atoms with E-state index in [0.717, 1.165) is 6.07 Å². The van der Waals surface area contributed by atoms with E-state index in [2.05, 4.69) is 21.2 Å². The molecule has 1 aromatic carbocycles. The summed E-state index contributed by atoms with van der Waals surface area (Å²) in [7, 11) is -4.52. The molecule has 0 spiro atoms. The van der Waals surface area contributed by atoms with Crippen LogP contribution >= 0.6 is 15.9 Å². The van der Waals surface area contributed by atoms with Crippen LogP contribution in [0.3, 0.4) is 0 Å². The first kappa shape index (κ1) is 17.4. The Kier molecular flexibility index (Phi) is 5.70. The average Bonchev–Trinajstić information content (AvgIpc) is 2.32. The summed E-state index contributed by atoms with van der Waals surface area (Å²) in [5.41, 5.74) is 4.86. The summed E-state index contributed by atoms with van der Waals surface area (Å²) in [4.78, 5) is 21.4. The molecule has 10 heteroatoms. The third-order valence-corrected chi connectivity index (χ3v) is 3.93. The van der Waals surface area contributed by atoms with Crippen molar-refractivity contribution in [2.75, 3.05) is 5.32 Å². The number of aliphatic carboxylic acids is 1. The fourth-order valence-corrected chi connectivity index (χ4v) is 2.57. The predicted octanol–water partition coefficient (Wildman–Crippen LogP) is 0.826. The van der Waals surface area contributed by atoms with Crippen LogP contribution in [0.2, 0.25) is 0 Å². The van der Waals surface area contributed by atoms with Crippen molar-refractivity contribution in [2.45, 2.75) is 23.8 Å². The zero-order valence-electron chi connectivity index (χ0n) is 10.6. The van der Waals surface area contributed by atoms with E-state index in [1.807, 2.05) is 0 Å². The molecule has 1 aromatic rings. The van der Waals surface area contributed by atoms with Crippen LogP contribution in [0.4, 0.5) is 5.69 Å². The van der Waals surface area contributed by atoms with Gasteiger partial charge in [0.25, 0.3) is 10.1 Å². The van der Waals surface area contributed by atoms with Crippen molar-refractivity contribution in [2.24, 2.45) is 5.73 Å². The highest BCUT2D eigenvalue weighted by molar-refractivity contribution is 9.10. The molecule has 0 bridgehead atoms. The number of hydrogen-bond acceptors (Lipinski definition) is 5. The van der Waals surface area contributed by atoms with Gasteiger partial charge in [0.05, 0.1) is 5.69 Å². The lowest BCUT2D eigenvalue weighted by Crippen LogP contribution is -2.31. The molecule has 0 saturated heterocycles. The summed E-state index contributed by atoms with van der Waals surface area (Å²) in [6.45, 7) is 0. The minimum Gasteiger partial charge on any atom is -0.480 e. The van der Waals surface area contributed by atoms with Gasteiger partial charge in [0.2, 0.25) is 5.91 Å². The molecule has 0 heterocycles. The molecular weight excluding hydrogens is 368 g/mol. The molecule has 1 amide bonds. The van der Waals surface area contributed by atoms with Crippen molar-refractivity contribution in [3.8, 4) is 0 Å². The first-order valence-electron chi connectivity index (χ1n) is 5.66. The van der Waals surface area contributed by atoms with Gasteiger partial charge in [0.1, 0.15) is 10.9 Å². The summed E-state index contributed by atoms with van der Waals surface area (Å²) >= 11 is 3.11. The summed E-state index contributed by atoms with van der Waals surface area (Å²) in [6.07, 6.45) is -0.304. The SMILES string of the molecule is NC(=O)CC[C@H](Nc1cc(Br)ccc1S(=O)(=O)O)C(=O)O. The summed E-state index contributed by atoms with van der Waals surface area (Å²) in [5.74, 6) is -1.95. The standard InChI is InChI=1S/C11H13BrN2O6S/c12-6-1-3-9(21(18,19)20)8(5-6)14-7(11(16)17)2-4-10(13)15/h1,3,5,7,14H,2,4H2,(H2,13,15)(H,16,17)(H,18,19,20)/t7-/m0/s1. The first-order valence-corrected chi connectivity index (χ1v) is 7.89. The average molecular weight is 381 g/mol. The number of benzene rings is 1. The molecule has 0 aromatic heterocycles. The zero-order chi connectivity index (χ0) is 16.2. The third-order valence-electron chi connectivity index (χ3n) is 2.53. The molecule has 0 fully saturated rings. The molecule has 5 N–H and O–H groups in total. The lowest BCUT2D eigenvalue weighted by atomic mass is 10.1. The molecule has 0 aliphatic heterocycles. The second-order valence-electron chi connectivity index (χ2n) is 4.16. The van der Waals surface area contributed by atoms with Gasteiger partial charge < -0.3 is 16.2 Å². The van der Waals surface area contributed by atoms with Crippen LogP contribution in [0.5, 0.6) is 0 Å². The van der Waals surface area contributed by atoms with Crippen LogP contribution in [0.25, 0.3) is 0 Å². The number of carbonyl (C=O) groups is 2. The molecule has 0 aliphatic rings. The van der Waals surface area contributed by atoms with Gasteiger partial charge in [-0.05, 0) is 24.6 Å². The first-order chi connectivity index (χ1) is 9.61. The normalized spacial score (nSPS) is 12.7. The monoisotopic (exact) mass is 380 g/mol. The third kappa shape index (κ3) is 5.33. The number of carboxylic acids is 1. The number of carbonyl (C=O) groups excluding carboxylic acids is 1. The Bertz CT molecular complexity index is 661. The van der Waals surface area contributed by atoms with E-state index in [4.69, 9.17) is 15.4 Å². The molecule has 0 unspecified atom stereocenters. The van der Waals surface area contributed by atoms with Crippen molar-refractivity contribution in [3.05, 3.63) is 22.7 Å². The molecule has 1 rings (SSSR count). The van der Waals surface area contributed by atoms with Gasteiger partial charge in [0, 0.05) is 10.9 Å². The number of primary amides is 1. The van der Waals surface area contributed by atoms with Gasteiger partial charge in [-0.3, -0.25) is 9.35 Å². The predicted molar refractivity (Wildman–Crippen MR) is 77.4 cm³/mol. The Labute approximate surface area is 129 Å². The minimum absolute atomic E-state index is 0.0938. The highest BCUT2D eigenvalue weighted by atomic mass is 79.9. The Morgan fingerprint density at radius 3 is 2.48 bits per heavy atom. The van der Waals surface area contributed by atoms with Gasteiger partial charge >= 0.3 is 5.97 Å². The van der Waals surface area contributed by atoms with E-state index in [0.29, 0.717) is 4.47 Å². The highest BCUT2D eigenvalue weighted by Crippen LogP contribution is 2.26. The minimum atomic E-state index is -4.52. The largest absolute Gasteiger partial charge is 0.480 e. The Hall–Kier alpha value is -1.65. The number of amides is 1. The summed E-state index contributed by atoms with van der Waals surface area (Å²) in [5, 5.41) is 11.5. The van der Waals surface area contributed by atoms with Crippen LogP contribution in [0.1, 0.15) is 12.8 Å². The van der Waals surface area contributed by atoms with Gasteiger partial charge in [0.15, 0.2) is 0 Å². The number of nitrogens with two attached hydrogens (primary N) is 1. The van der Waals surface area contributed by atoms with Gasteiger partial charge in [-0.25, -0.2) is 4.79 Å². The summed E-state index contributed by atoms with van der Waals surface area (Å²) in [6, 6.07) is 2.58. The van der Waals surface area contributed by atoms with Crippen molar-refractivity contribution >= 4 is 43.6 Å². The molecule has 116 valence electrons. The number of rotatable bonds is 7. The number of halogens is 1. The van der Waals surface area contributed by atoms with Crippen molar-refractivity contribution in [1.29, 1.82) is 0 Å². The molecule has 8 nitrogen and oxygen atoms in total. The van der Waals surface area contributed by atoms with Gasteiger partial charge in [-0.15, -0.1) is 0 Å². The van der Waals surface area contributed by atoms with Crippen LogP contribution in [0.15, 0.2) is 27.6 Å². The molecule has 0 aliphatic carbocycles. The van der Waals surface area contributed by atoms with E-state index in [1.54, 1.807) is 0 Å². The molecule has 21 heavy (non-hydrogen) atoms. The zero-order valence-corrected chi connectivity index (χ0v) is 13.0. The molecule has 0 saturated carbocycles. The van der Waals surface area contributed by atoms with Crippen LogP contribution < -0.4 is 11.1 Å². The smallest absolute Gasteiger partial charge is 0.326 e. The second kappa shape index (κ2) is 6.87. The number of hydrogen-bond donors (Lipinski definition) is 4. The summed E-state index contributed by atoms with van der Waals surface area (Å²) < 4.78 is 32.1. The lowest BCUT2D eigenvalue weighted by molar-refractivity contribution is -0.138. The topological polar surface area (TPSA) is 147 Å². The number of carboxylic acid groups (broad SMARTS) is 1. The van der Waals surface area contributed by atoms with Crippen LogP contribution in [-0.2, 0) is 19.7 Å². The van der Waals surface area contributed by atoms with Crippen LogP contribution in [0, 0.1) is 0 Å². The molecular formula is C11H13BrN2O6S. The maximum absolute atomic E-state index is 11.3. The van der Waals surface area contributed by atoms with Crippen molar-refractivity contribution in [1.82, 2.24) is 0 Å². The second-order valence-corrected chi connectivity index (χ2v) is 6.46. The van der Waals surface area contributed by atoms with Crippen molar-refractivity contribution < 1.29 is 27.7 Å².